The van der Waals surface area contributed by atoms with Gasteiger partial charge in [-0.2, -0.15) is 0 Å². The number of aromatic nitrogens is 2. The van der Waals surface area contributed by atoms with E-state index in [4.69, 9.17) is 0 Å². The molecule has 0 atom stereocenters. The molecule has 1 aromatic heterocycles. The molecule has 0 unspecified atom stereocenters. The molecule has 0 saturated heterocycles. The molecule has 0 aliphatic carbocycles. The third-order valence-corrected chi connectivity index (χ3v) is 0.637. The van der Waals surface area contributed by atoms with Crippen molar-refractivity contribution >= 4 is 39.0 Å². The molecule has 0 fully saturated rings. The van der Waals surface area contributed by atoms with Crippen molar-refractivity contribution in [3.8, 4) is 0 Å². The Morgan fingerprint density at radius 2 is 2.11 bits per heavy atom. The minimum absolute atomic E-state index is 0. The summed E-state index contributed by atoms with van der Waals surface area (Å²) >= 11 is 2.94. The maximum absolute atomic E-state index is 3.78. The molecular weight excluding hydrogens is 192 g/mol. The second kappa shape index (κ2) is 8.46. The van der Waals surface area contributed by atoms with Crippen LogP contribution in [0.2, 0.25) is 0 Å². The van der Waals surface area contributed by atoms with Gasteiger partial charge >= 0.3 is 23.1 Å². The van der Waals surface area contributed by atoms with E-state index in [2.05, 4.69) is 20.9 Å². The normalized spacial score (nSPS) is 6.56. The summed E-state index contributed by atoms with van der Waals surface area (Å²) in [7, 11) is 1.94. The van der Waals surface area contributed by atoms with Crippen LogP contribution in [0.5, 0.6) is 0 Å². The molecule has 1 aromatic rings. The molecule has 50 valence electrons. The molecule has 0 amide bonds. The molecule has 1 rings (SSSR count). The van der Waals surface area contributed by atoms with Crippen molar-refractivity contribution in [3.63, 3.8) is 0 Å². The summed E-state index contributed by atoms with van der Waals surface area (Å²) < 4.78 is 1.89. The van der Waals surface area contributed by atoms with E-state index in [-0.39, 0.29) is 25.9 Å². The van der Waals surface area contributed by atoms with E-state index in [1.165, 1.54) is 0 Å². The minimum atomic E-state index is 0. The second-order valence-corrected chi connectivity index (χ2v) is 1.23. The zero-order chi connectivity index (χ0) is 6.41. The van der Waals surface area contributed by atoms with Gasteiger partial charge in [0.25, 0.3) is 0 Å². The van der Waals surface area contributed by atoms with E-state index < -0.39 is 0 Å². The van der Waals surface area contributed by atoms with Gasteiger partial charge in [0.15, 0.2) is 0 Å². The van der Waals surface area contributed by atoms with Crippen LogP contribution in [0.3, 0.4) is 0 Å². The largest absolute Gasteiger partial charge is 2.00 e. The van der Waals surface area contributed by atoms with E-state index in [1.54, 1.807) is 12.5 Å². The maximum Gasteiger partial charge on any atom is 2.00 e. The van der Waals surface area contributed by atoms with Gasteiger partial charge in [-0.25, -0.2) is 4.98 Å². The minimum Gasteiger partial charge on any atom is -1.00 e. The van der Waals surface area contributed by atoms with Gasteiger partial charge in [0, 0.05) is 19.4 Å². The Balaban J connectivity index is -0.0000000459. The zero-order valence-corrected chi connectivity index (χ0v) is 8.71. The number of nitrogens with zero attached hydrogens (tertiary/aromatic N) is 2. The fourth-order valence-corrected chi connectivity index (χ4v) is 0.326. The molecule has 0 aliphatic heterocycles. The van der Waals surface area contributed by atoms with E-state index in [0.29, 0.717) is 0 Å². The first-order chi connectivity index (χ1) is 3.89. The summed E-state index contributed by atoms with van der Waals surface area (Å²) in [5, 5.41) is 0. The fourth-order valence-electron chi connectivity index (χ4n) is 0.326. The van der Waals surface area contributed by atoms with Crippen LogP contribution in [0.25, 0.3) is 0 Å². The molecule has 4 heteroatoms. The Kier molecular flexibility index (Phi) is 11.4. The second-order valence-electron chi connectivity index (χ2n) is 1.23. The summed E-state index contributed by atoms with van der Waals surface area (Å²) in [4.78, 5) is 3.78. The fraction of sp³-hybridized carbons (Fsp3) is 0.400. The predicted octanol–water partition coefficient (Wildman–Crippen LogP) is 1.28. The monoisotopic (exact) mass is 202 g/mol. The van der Waals surface area contributed by atoms with E-state index >= 15 is 0 Å². The van der Waals surface area contributed by atoms with Gasteiger partial charge in [-0.15, -0.1) is 0 Å². The van der Waals surface area contributed by atoms with Crippen LogP contribution < -0.4 is 0 Å². The van der Waals surface area contributed by atoms with Crippen molar-refractivity contribution in [2.24, 2.45) is 7.05 Å². The quantitative estimate of drug-likeness (QED) is 0.459. The van der Waals surface area contributed by atoms with Crippen LogP contribution in [-0.4, -0.2) is 38.4 Å². The van der Waals surface area contributed by atoms with Gasteiger partial charge in [-0.3, -0.25) is 0 Å². The molecule has 0 spiro atoms. The predicted molar refractivity (Wildman–Crippen MR) is 46.0 cm³/mol. The van der Waals surface area contributed by atoms with E-state index in [1.807, 2.05) is 23.6 Å². The maximum atomic E-state index is 3.78. The molecule has 0 aliphatic rings. The number of hydrogen-bond acceptors (Lipinski definition) is 1. The molecule has 0 radical (unpaired) electrons. The number of imidazole rings is 1. The Bertz CT molecular complexity index is 126. The SMILES string of the molecule is CBr.Cn1ccnc1.[H-].[H-].[Mg+2]. The number of halogens is 1. The third-order valence-electron chi connectivity index (χ3n) is 0.637. The van der Waals surface area contributed by atoms with Gasteiger partial charge in [0.1, 0.15) is 0 Å². The zero-order valence-electron chi connectivity index (χ0n) is 7.71. The molecule has 0 saturated carbocycles. The Hall–Kier alpha value is 0.456. The van der Waals surface area contributed by atoms with Crippen LogP contribution in [0.1, 0.15) is 2.85 Å². The average molecular weight is 203 g/mol. The average Bonchev–Trinajstić information content (AvgIpc) is 2.24. The Morgan fingerprint density at radius 1 is 1.56 bits per heavy atom. The van der Waals surface area contributed by atoms with Gasteiger partial charge in [0.2, 0.25) is 0 Å². The first-order valence-corrected chi connectivity index (χ1v) is 3.78. The molecule has 0 N–H and O–H groups in total. The Morgan fingerprint density at radius 3 is 2.22 bits per heavy atom. The van der Waals surface area contributed by atoms with Crippen LogP contribution in [0.15, 0.2) is 18.7 Å². The summed E-state index contributed by atoms with van der Waals surface area (Å²) in [6, 6.07) is 0. The Labute approximate surface area is 82.9 Å². The van der Waals surface area contributed by atoms with Crippen LogP contribution in [0, 0.1) is 0 Å². The number of aryl methyl sites for hydroxylation is 1. The van der Waals surface area contributed by atoms with Crippen molar-refractivity contribution < 1.29 is 2.85 Å². The number of rotatable bonds is 0. The standard InChI is InChI=1S/C4H6N2.CH3Br.Mg.2H/c1-6-3-2-5-4-6;1-2;;;/h2-4H,1H3;1H3;;;/q;;+2;2*-1. The molecule has 2 nitrogen and oxygen atoms in total. The summed E-state index contributed by atoms with van der Waals surface area (Å²) in [6.45, 7) is 0. The summed E-state index contributed by atoms with van der Waals surface area (Å²) in [5.74, 6) is 1.81. The van der Waals surface area contributed by atoms with Gasteiger partial charge < -0.3 is 7.42 Å². The van der Waals surface area contributed by atoms with Gasteiger partial charge in [-0.05, 0) is 5.83 Å². The summed E-state index contributed by atoms with van der Waals surface area (Å²) in [6.07, 6.45) is 5.39. The molecular formula is C5H11BrMgN2. The van der Waals surface area contributed by atoms with Crippen molar-refractivity contribution in [2.45, 2.75) is 0 Å². The van der Waals surface area contributed by atoms with Gasteiger partial charge in [-0.1, -0.05) is 15.9 Å². The topological polar surface area (TPSA) is 17.8 Å². The summed E-state index contributed by atoms with van der Waals surface area (Å²) in [5.41, 5.74) is 0. The smallest absolute Gasteiger partial charge is 1.00 e. The van der Waals surface area contributed by atoms with E-state index in [9.17, 15) is 0 Å². The van der Waals surface area contributed by atoms with Crippen molar-refractivity contribution in [3.05, 3.63) is 18.7 Å². The third kappa shape index (κ3) is 6.34. The number of hydrogen-bond donors (Lipinski definition) is 0. The van der Waals surface area contributed by atoms with Crippen molar-refractivity contribution in [2.75, 3.05) is 5.83 Å². The van der Waals surface area contributed by atoms with Crippen LogP contribution in [0.4, 0.5) is 0 Å². The van der Waals surface area contributed by atoms with E-state index in [0.717, 1.165) is 0 Å². The number of alkyl halides is 1. The molecule has 9 heavy (non-hydrogen) atoms. The van der Waals surface area contributed by atoms with Gasteiger partial charge in [0.05, 0.1) is 6.33 Å². The molecule has 0 aromatic carbocycles. The molecule has 1 heterocycles. The van der Waals surface area contributed by atoms with Crippen molar-refractivity contribution in [1.82, 2.24) is 9.55 Å². The van der Waals surface area contributed by atoms with Crippen molar-refractivity contribution in [1.29, 1.82) is 0 Å². The first kappa shape index (κ1) is 12.2. The first-order valence-electron chi connectivity index (χ1n) is 2.19. The molecule has 0 bridgehead atoms. The van der Waals surface area contributed by atoms with Crippen LogP contribution >= 0.6 is 15.9 Å². The van der Waals surface area contributed by atoms with Crippen LogP contribution in [-0.2, 0) is 7.05 Å².